The molecule has 0 atom stereocenters. The maximum absolute atomic E-state index is 3.60. The molecule has 0 aliphatic carbocycles. The van der Waals surface area contributed by atoms with Crippen LogP contribution in [0.5, 0.6) is 0 Å². The number of rotatable bonds is 1. The van der Waals surface area contributed by atoms with Crippen LogP contribution in [0, 0.1) is 6.92 Å². The molecule has 6 heavy (non-hydrogen) atoms. The normalized spacial score (nSPS) is 5.00. The van der Waals surface area contributed by atoms with Gasteiger partial charge in [-0.25, -0.2) is 0 Å². The van der Waals surface area contributed by atoms with Gasteiger partial charge in [-0.15, -0.1) is 12.4 Å². The second-order valence-electron chi connectivity index (χ2n) is 0.854. The Labute approximate surface area is 61.0 Å². The van der Waals surface area contributed by atoms with E-state index in [0.29, 0.717) is 0 Å². The second kappa shape index (κ2) is 16.7. The molecule has 0 heterocycles. The van der Waals surface area contributed by atoms with Crippen LogP contribution in [-0.4, -0.2) is 0 Å². The summed E-state index contributed by atoms with van der Waals surface area (Å²) in [5, 5.41) is 0. The van der Waals surface area contributed by atoms with Crippen molar-refractivity contribution in [2.75, 3.05) is 0 Å². The van der Waals surface area contributed by atoms with E-state index in [1.54, 1.807) is 0 Å². The van der Waals surface area contributed by atoms with E-state index in [2.05, 4.69) is 13.8 Å². The van der Waals surface area contributed by atoms with Gasteiger partial charge < -0.3 is 6.92 Å². The van der Waals surface area contributed by atoms with E-state index in [-0.39, 0.29) is 34.1 Å². The molecule has 0 aliphatic heterocycles. The summed E-state index contributed by atoms with van der Waals surface area (Å²) in [6.45, 7) is 5.72. The van der Waals surface area contributed by atoms with Crippen molar-refractivity contribution in [3.05, 3.63) is 6.92 Å². The van der Waals surface area contributed by atoms with Crippen LogP contribution in [0.15, 0.2) is 0 Å². The Morgan fingerprint density at radius 1 is 1.50 bits per heavy atom. The summed E-state index contributed by atoms with van der Waals surface area (Å²) >= 11 is 0. The van der Waals surface area contributed by atoms with Gasteiger partial charge in [-0.2, -0.15) is 6.42 Å². The van der Waals surface area contributed by atoms with Gasteiger partial charge in [-0.05, 0) is 0 Å². The molecule has 0 saturated carbocycles. The molecule has 0 radical (unpaired) electrons. The van der Waals surface area contributed by atoms with Gasteiger partial charge in [0.1, 0.15) is 0 Å². The molecule has 0 bridgehead atoms. The van der Waals surface area contributed by atoms with Crippen molar-refractivity contribution in [3.63, 3.8) is 0 Å². The molecule has 0 aromatic heterocycles. The molecular formula is C4H10ClTi-. The van der Waals surface area contributed by atoms with Gasteiger partial charge in [0, 0.05) is 21.7 Å². The van der Waals surface area contributed by atoms with Crippen molar-refractivity contribution < 1.29 is 21.7 Å². The zero-order valence-corrected chi connectivity index (χ0v) is 6.41. The van der Waals surface area contributed by atoms with E-state index in [1.165, 1.54) is 6.42 Å². The van der Waals surface area contributed by atoms with Gasteiger partial charge in [-0.1, -0.05) is 13.3 Å². The first-order valence-electron chi connectivity index (χ1n) is 1.71. The van der Waals surface area contributed by atoms with Crippen LogP contribution >= 0.6 is 12.4 Å². The molecular weight excluding hydrogens is 131 g/mol. The van der Waals surface area contributed by atoms with Crippen LogP contribution in [-0.2, 0) is 21.7 Å². The standard InChI is InChI=1S/C4H9.ClH.Ti/c1-3-4-2;;/h1,3-4H2,2H3;1H;/q-1;;. The third-order valence-corrected chi connectivity index (χ3v) is 0.354. The first-order valence-corrected chi connectivity index (χ1v) is 1.71. The summed E-state index contributed by atoms with van der Waals surface area (Å²) in [7, 11) is 0. The summed E-state index contributed by atoms with van der Waals surface area (Å²) in [5.74, 6) is 0. The molecule has 0 amide bonds. The smallest absolute Gasteiger partial charge is 0 e. The van der Waals surface area contributed by atoms with E-state index in [9.17, 15) is 0 Å². The predicted molar refractivity (Wildman–Crippen MR) is 27.5 cm³/mol. The predicted octanol–water partition coefficient (Wildman–Crippen LogP) is 2.04. The maximum Gasteiger partial charge on any atom is 0 e. The molecule has 0 N–H and O–H groups in total. The number of hydrogen-bond acceptors (Lipinski definition) is 0. The number of hydrogen-bond donors (Lipinski definition) is 0. The molecule has 2 heteroatoms. The summed E-state index contributed by atoms with van der Waals surface area (Å²) < 4.78 is 0. The first-order chi connectivity index (χ1) is 1.91. The van der Waals surface area contributed by atoms with Gasteiger partial charge in [0.15, 0.2) is 0 Å². The molecule has 0 aromatic carbocycles. The van der Waals surface area contributed by atoms with Gasteiger partial charge in [0.05, 0.1) is 0 Å². The maximum atomic E-state index is 3.60. The molecule has 0 unspecified atom stereocenters. The zero-order valence-electron chi connectivity index (χ0n) is 4.03. The molecule has 0 fully saturated rings. The summed E-state index contributed by atoms with van der Waals surface area (Å²) in [6, 6.07) is 0. The van der Waals surface area contributed by atoms with E-state index >= 15 is 0 Å². The minimum absolute atomic E-state index is 0. The quantitative estimate of drug-likeness (QED) is 0.387. The third kappa shape index (κ3) is 20.0. The number of unbranched alkanes of at least 4 members (excludes halogenated alkanes) is 1. The molecule has 0 aliphatic rings. The Balaban J connectivity index is -0.0000000450. The van der Waals surface area contributed by atoms with Crippen molar-refractivity contribution in [3.8, 4) is 0 Å². The summed E-state index contributed by atoms with van der Waals surface area (Å²) in [4.78, 5) is 0. The van der Waals surface area contributed by atoms with Gasteiger partial charge in [0.25, 0.3) is 0 Å². The zero-order chi connectivity index (χ0) is 3.41. The van der Waals surface area contributed by atoms with Crippen LogP contribution in [0.2, 0.25) is 0 Å². The van der Waals surface area contributed by atoms with Crippen molar-refractivity contribution in [1.29, 1.82) is 0 Å². The summed E-state index contributed by atoms with van der Waals surface area (Å²) in [5.41, 5.74) is 0. The van der Waals surface area contributed by atoms with Crippen molar-refractivity contribution in [2.45, 2.75) is 19.8 Å². The van der Waals surface area contributed by atoms with E-state index in [1.807, 2.05) is 0 Å². The SMILES string of the molecule is Cl.[CH2-]CCC.[Ti]. The fourth-order valence-corrected chi connectivity index (χ4v) is 0. The Hall–Kier alpha value is 1.00. The minimum Gasteiger partial charge on any atom is -0.343 e. The van der Waals surface area contributed by atoms with E-state index in [0.717, 1.165) is 6.42 Å². The first kappa shape index (κ1) is 15.7. The third-order valence-electron chi connectivity index (χ3n) is 0.354. The van der Waals surface area contributed by atoms with E-state index < -0.39 is 0 Å². The fourth-order valence-electron chi connectivity index (χ4n) is 0. The molecule has 0 spiro atoms. The fraction of sp³-hybridized carbons (Fsp3) is 0.750. The Morgan fingerprint density at radius 2 is 1.67 bits per heavy atom. The molecule has 0 rings (SSSR count). The molecule has 0 saturated heterocycles. The molecule has 0 nitrogen and oxygen atoms in total. The average Bonchev–Trinajstić information content (AvgIpc) is 1.37. The van der Waals surface area contributed by atoms with Gasteiger partial charge in [-0.3, -0.25) is 0 Å². The van der Waals surface area contributed by atoms with E-state index in [4.69, 9.17) is 0 Å². The Kier molecular flexibility index (Phi) is 43.7. The van der Waals surface area contributed by atoms with Crippen LogP contribution in [0.4, 0.5) is 0 Å². The average molecular weight is 141 g/mol. The Bertz CT molecular complexity index is 9.51. The minimum atomic E-state index is 0. The van der Waals surface area contributed by atoms with Crippen LogP contribution in [0.3, 0.4) is 0 Å². The number of halogens is 1. The Morgan fingerprint density at radius 3 is 1.67 bits per heavy atom. The largest absolute Gasteiger partial charge is 0.343 e. The summed E-state index contributed by atoms with van der Waals surface area (Å²) in [6.07, 6.45) is 2.28. The molecule has 38 valence electrons. The van der Waals surface area contributed by atoms with Crippen molar-refractivity contribution in [1.82, 2.24) is 0 Å². The van der Waals surface area contributed by atoms with Crippen molar-refractivity contribution >= 4 is 12.4 Å². The molecule has 0 aromatic rings. The monoisotopic (exact) mass is 141 g/mol. The van der Waals surface area contributed by atoms with Gasteiger partial charge in [0.2, 0.25) is 0 Å². The second-order valence-corrected chi connectivity index (χ2v) is 0.854. The van der Waals surface area contributed by atoms with Crippen LogP contribution in [0.25, 0.3) is 0 Å². The topological polar surface area (TPSA) is 0 Å². The van der Waals surface area contributed by atoms with Crippen LogP contribution < -0.4 is 0 Å². The van der Waals surface area contributed by atoms with Gasteiger partial charge >= 0.3 is 0 Å². The van der Waals surface area contributed by atoms with Crippen molar-refractivity contribution in [2.24, 2.45) is 0 Å². The van der Waals surface area contributed by atoms with Crippen LogP contribution in [0.1, 0.15) is 19.8 Å².